The fourth-order valence-corrected chi connectivity index (χ4v) is 1.90. The summed E-state index contributed by atoms with van der Waals surface area (Å²) in [7, 11) is 1.85. The number of nitrogens with one attached hydrogen (secondary N) is 1. The summed E-state index contributed by atoms with van der Waals surface area (Å²) in [6.45, 7) is 0.549. The largest absolute Gasteiger partial charge is 0.378 e. The van der Waals surface area contributed by atoms with Crippen LogP contribution in [-0.4, -0.2) is 9.78 Å². The van der Waals surface area contributed by atoms with Crippen LogP contribution in [0, 0.1) is 5.82 Å². The van der Waals surface area contributed by atoms with Gasteiger partial charge in [0.25, 0.3) is 0 Å². The molecule has 0 aliphatic heterocycles. The molecule has 2 rings (SSSR count). The first kappa shape index (κ1) is 11.1. The standard InChI is InChI=1S/C11H11BrFN3/c1-16-7-8(6-15-16)5-14-11-9(12)3-2-4-10(11)13/h2-4,6-7,14H,5H2,1H3. The molecular formula is C11H11BrFN3. The van der Waals surface area contributed by atoms with Crippen molar-refractivity contribution in [1.82, 2.24) is 9.78 Å². The van der Waals surface area contributed by atoms with Crippen molar-refractivity contribution in [2.45, 2.75) is 6.54 Å². The van der Waals surface area contributed by atoms with E-state index in [0.717, 1.165) is 10.0 Å². The molecule has 0 amide bonds. The number of aromatic nitrogens is 2. The van der Waals surface area contributed by atoms with Crippen LogP contribution in [0.4, 0.5) is 10.1 Å². The summed E-state index contributed by atoms with van der Waals surface area (Å²) < 4.78 is 15.9. The predicted octanol–water partition coefficient (Wildman–Crippen LogP) is 2.93. The Morgan fingerprint density at radius 2 is 2.31 bits per heavy atom. The molecule has 3 nitrogen and oxygen atoms in total. The summed E-state index contributed by atoms with van der Waals surface area (Å²) in [5.41, 5.74) is 1.49. The van der Waals surface area contributed by atoms with Gasteiger partial charge in [-0.25, -0.2) is 4.39 Å². The van der Waals surface area contributed by atoms with E-state index in [-0.39, 0.29) is 5.82 Å². The quantitative estimate of drug-likeness (QED) is 0.939. The van der Waals surface area contributed by atoms with Crippen molar-refractivity contribution >= 4 is 21.6 Å². The van der Waals surface area contributed by atoms with Crippen molar-refractivity contribution in [2.75, 3.05) is 5.32 Å². The van der Waals surface area contributed by atoms with Crippen LogP contribution in [-0.2, 0) is 13.6 Å². The Hall–Kier alpha value is -1.36. The Kier molecular flexibility index (Phi) is 3.24. The van der Waals surface area contributed by atoms with Gasteiger partial charge in [-0.15, -0.1) is 0 Å². The summed E-state index contributed by atoms with van der Waals surface area (Å²) in [5, 5.41) is 7.08. The zero-order valence-corrected chi connectivity index (χ0v) is 10.3. The normalized spacial score (nSPS) is 10.4. The lowest BCUT2D eigenvalue weighted by Crippen LogP contribution is -2.01. The lowest BCUT2D eigenvalue weighted by Gasteiger charge is -2.08. The molecule has 0 aliphatic carbocycles. The molecule has 16 heavy (non-hydrogen) atoms. The molecule has 0 fully saturated rings. The zero-order valence-electron chi connectivity index (χ0n) is 8.74. The van der Waals surface area contributed by atoms with E-state index in [1.54, 1.807) is 23.0 Å². The minimum Gasteiger partial charge on any atom is -0.378 e. The highest BCUT2D eigenvalue weighted by Crippen LogP contribution is 2.25. The van der Waals surface area contributed by atoms with Crippen LogP contribution in [0.3, 0.4) is 0 Å². The molecule has 0 saturated carbocycles. The second-order valence-electron chi connectivity index (χ2n) is 3.47. The molecule has 0 unspecified atom stereocenters. The van der Waals surface area contributed by atoms with E-state index in [9.17, 15) is 4.39 Å². The number of nitrogens with zero attached hydrogens (tertiary/aromatic N) is 2. The van der Waals surface area contributed by atoms with E-state index in [1.165, 1.54) is 6.07 Å². The van der Waals surface area contributed by atoms with Crippen LogP contribution in [0.2, 0.25) is 0 Å². The van der Waals surface area contributed by atoms with Gasteiger partial charge in [0, 0.05) is 29.8 Å². The van der Waals surface area contributed by atoms with E-state index < -0.39 is 0 Å². The second kappa shape index (κ2) is 4.65. The summed E-state index contributed by atoms with van der Waals surface area (Å²) in [6.07, 6.45) is 3.64. The van der Waals surface area contributed by atoms with Gasteiger partial charge in [-0.05, 0) is 28.1 Å². The van der Waals surface area contributed by atoms with Gasteiger partial charge < -0.3 is 5.32 Å². The summed E-state index contributed by atoms with van der Waals surface area (Å²) in [6, 6.07) is 4.89. The molecule has 2 aromatic rings. The molecule has 0 saturated heterocycles. The Labute approximate surface area is 101 Å². The smallest absolute Gasteiger partial charge is 0.147 e. The molecule has 0 aliphatic rings. The maximum atomic E-state index is 13.4. The lowest BCUT2D eigenvalue weighted by molar-refractivity contribution is 0.629. The zero-order chi connectivity index (χ0) is 11.5. The summed E-state index contributed by atoms with van der Waals surface area (Å²) >= 11 is 3.30. The first-order valence-electron chi connectivity index (χ1n) is 4.82. The molecule has 1 heterocycles. The maximum absolute atomic E-state index is 13.4. The van der Waals surface area contributed by atoms with Crippen LogP contribution in [0.1, 0.15) is 5.56 Å². The SMILES string of the molecule is Cn1cc(CNc2c(F)cccc2Br)cn1. The predicted molar refractivity (Wildman–Crippen MR) is 64.6 cm³/mol. The number of benzene rings is 1. The Morgan fingerprint density at radius 3 is 2.94 bits per heavy atom. The molecule has 0 spiro atoms. The molecule has 0 bridgehead atoms. The minimum atomic E-state index is -0.265. The molecule has 1 N–H and O–H groups in total. The van der Waals surface area contributed by atoms with Crippen LogP contribution >= 0.6 is 15.9 Å². The van der Waals surface area contributed by atoms with Gasteiger partial charge in [0.2, 0.25) is 0 Å². The molecule has 0 radical (unpaired) electrons. The average Bonchev–Trinajstić information content (AvgIpc) is 2.63. The maximum Gasteiger partial charge on any atom is 0.147 e. The molecule has 1 aromatic carbocycles. The van der Waals surface area contributed by atoms with Crippen molar-refractivity contribution in [1.29, 1.82) is 0 Å². The fraction of sp³-hybridized carbons (Fsp3) is 0.182. The van der Waals surface area contributed by atoms with Gasteiger partial charge in [0.05, 0.1) is 11.9 Å². The number of hydrogen-bond acceptors (Lipinski definition) is 2. The van der Waals surface area contributed by atoms with Gasteiger partial charge in [0.15, 0.2) is 0 Å². The molecule has 5 heteroatoms. The highest BCUT2D eigenvalue weighted by Gasteiger charge is 2.05. The third kappa shape index (κ3) is 2.41. The third-order valence-electron chi connectivity index (χ3n) is 2.19. The van der Waals surface area contributed by atoms with E-state index >= 15 is 0 Å². The average molecular weight is 284 g/mol. The van der Waals surface area contributed by atoms with E-state index in [4.69, 9.17) is 0 Å². The van der Waals surface area contributed by atoms with E-state index in [0.29, 0.717) is 12.2 Å². The second-order valence-corrected chi connectivity index (χ2v) is 4.33. The first-order chi connectivity index (χ1) is 7.66. The van der Waals surface area contributed by atoms with Crippen molar-refractivity contribution < 1.29 is 4.39 Å². The van der Waals surface area contributed by atoms with Gasteiger partial charge in [0.1, 0.15) is 5.82 Å². The highest BCUT2D eigenvalue weighted by molar-refractivity contribution is 9.10. The molecule has 0 atom stereocenters. The van der Waals surface area contributed by atoms with Crippen LogP contribution in [0.15, 0.2) is 35.1 Å². The lowest BCUT2D eigenvalue weighted by atomic mass is 10.3. The Morgan fingerprint density at radius 1 is 1.50 bits per heavy atom. The molecular weight excluding hydrogens is 273 g/mol. The highest BCUT2D eigenvalue weighted by atomic mass is 79.9. The third-order valence-corrected chi connectivity index (χ3v) is 2.85. The number of aryl methyl sites for hydroxylation is 1. The number of rotatable bonds is 3. The van der Waals surface area contributed by atoms with Crippen LogP contribution in [0.5, 0.6) is 0 Å². The monoisotopic (exact) mass is 283 g/mol. The van der Waals surface area contributed by atoms with Gasteiger partial charge >= 0.3 is 0 Å². The summed E-state index contributed by atoms with van der Waals surface area (Å²) in [4.78, 5) is 0. The fourth-order valence-electron chi connectivity index (χ4n) is 1.42. The van der Waals surface area contributed by atoms with Crippen molar-refractivity contribution in [3.63, 3.8) is 0 Å². The van der Waals surface area contributed by atoms with Gasteiger partial charge in [-0.2, -0.15) is 5.10 Å². The first-order valence-corrected chi connectivity index (χ1v) is 5.61. The number of para-hydroxylation sites is 1. The Balaban J connectivity index is 2.10. The Bertz CT molecular complexity index is 475. The molecule has 84 valence electrons. The van der Waals surface area contributed by atoms with Gasteiger partial charge in [-0.3, -0.25) is 4.68 Å². The van der Waals surface area contributed by atoms with Gasteiger partial charge in [-0.1, -0.05) is 6.07 Å². The number of hydrogen-bond donors (Lipinski definition) is 1. The van der Waals surface area contributed by atoms with Crippen LogP contribution in [0.25, 0.3) is 0 Å². The van der Waals surface area contributed by atoms with E-state index in [1.807, 2.05) is 13.2 Å². The number of anilines is 1. The number of halogens is 2. The van der Waals surface area contributed by atoms with Crippen molar-refractivity contribution in [3.8, 4) is 0 Å². The topological polar surface area (TPSA) is 29.9 Å². The minimum absolute atomic E-state index is 0.265. The molecule has 1 aromatic heterocycles. The van der Waals surface area contributed by atoms with Crippen molar-refractivity contribution in [2.24, 2.45) is 7.05 Å². The van der Waals surface area contributed by atoms with Crippen molar-refractivity contribution in [3.05, 3.63) is 46.4 Å². The van der Waals surface area contributed by atoms with E-state index in [2.05, 4.69) is 26.3 Å². The summed E-state index contributed by atoms with van der Waals surface area (Å²) in [5.74, 6) is -0.265. The van der Waals surface area contributed by atoms with Crippen LogP contribution < -0.4 is 5.32 Å².